The van der Waals surface area contributed by atoms with Crippen LogP contribution < -0.4 is 0 Å². The first-order valence-electron chi connectivity index (χ1n) is 6.13. The molecule has 0 bridgehead atoms. The summed E-state index contributed by atoms with van der Waals surface area (Å²) in [7, 11) is 0. The number of thiol groups is 1. The Bertz CT molecular complexity index is 564. The highest BCUT2D eigenvalue weighted by molar-refractivity contribution is 7.80. The Morgan fingerprint density at radius 3 is 2.56 bits per heavy atom. The van der Waals surface area contributed by atoms with Gasteiger partial charge < -0.3 is 0 Å². The predicted octanol–water partition coefficient (Wildman–Crippen LogP) is 3.54. The molecule has 0 aliphatic rings. The molecule has 18 heavy (non-hydrogen) atoms. The maximum atomic E-state index is 4.64. The number of aryl methyl sites for hydroxylation is 4. The Morgan fingerprint density at radius 2 is 1.83 bits per heavy atom. The Morgan fingerprint density at radius 1 is 1.06 bits per heavy atom. The lowest BCUT2D eigenvalue weighted by Gasteiger charge is -2.09. The highest BCUT2D eigenvalue weighted by atomic mass is 32.1. The summed E-state index contributed by atoms with van der Waals surface area (Å²) < 4.78 is 0. The van der Waals surface area contributed by atoms with Gasteiger partial charge in [-0.25, -0.2) is 9.97 Å². The van der Waals surface area contributed by atoms with Gasteiger partial charge in [0.05, 0.1) is 5.69 Å². The lowest BCUT2D eigenvalue weighted by Crippen LogP contribution is -2.00. The van der Waals surface area contributed by atoms with Crippen molar-refractivity contribution in [3.05, 3.63) is 46.9 Å². The molecule has 0 spiro atoms. The fourth-order valence-corrected chi connectivity index (χ4v) is 2.19. The maximum Gasteiger partial charge on any atom is 0.130 e. The standard InChI is InChI=1S/C15H18N2S/c1-10-4-5-11(2)13(8-10)14-9-12(3)16-15(17-14)6-7-18/h4-5,8-9,18H,6-7H2,1-3H3. The second-order valence-corrected chi connectivity index (χ2v) is 5.05. The Balaban J connectivity index is 2.52. The summed E-state index contributed by atoms with van der Waals surface area (Å²) in [5, 5.41) is 0. The molecule has 0 radical (unpaired) electrons. The van der Waals surface area contributed by atoms with Crippen LogP contribution in [0.25, 0.3) is 11.3 Å². The fourth-order valence-electron chi connectivity index (χ4n) is 1.99. The smallest absolute Gasteiger partial charge is 0.130 e. The van der Waals surface area contributed by atoms with Gasteiger partial charge in [0, 0.05) is 17.7 Å². The van der Waals surface area contributed by atoms with Gasteiger partial charge in [0.25, 0.3) is 0 Å². The lowest BCUT2D eigenvalue weighted by atomic mass is 10.0. The second-order valence-electron chi connectivity index (χ2n) is 4.60. The topological polar surface area (TPSA) is 25.8 Å². The molecule has 0 amide bonds. The molecule has 0 saturated heterocycles. The molecule has 3 heteroatoms. The van der Waals surface area contributed by atoms with Crippen molar-refractivity contribution in [1.29, 1.82) is 0 Å². The molecule has 0 aliphatic carbocycles. The Kier molecular flexibility index (Phi) is 4.02. The zero-order valence-electron chi connectivity index (χ0n) is 11.1. The van der Waals surface area contributed by atoms with Gasteiger partial charge in [-0.05, 0) is 44.2 Å². The molecule has 2 rings (SSSR count). The van der Waals surface area contributed by atoms with E-state index in [2.05, 4.69) is 54.6 Å². The average Bonchev–Trinajstić information content (AvgIpc) is 2.32. The van der Waals surface area contributed by atoms with Crippen molar-refractivity contribution in [2.45, 2.75) is 27.2 Å². The monoisotopic (exact) mass is 258 g/mol. The van der Waals surface area contributed by atoms with E-state index in [-0.39, 0.29) is 0 Å². The molecule has 0 saturated carbocycles. The molecule has 0 atom stereocenters. The van der Waals surface area contributed by atoms with Gasteiger partial charge in [-0.3, -0.25) is 0 Å². The second kappa shape index (κ2) is 5.53. The van der Waals surface area contributed by atoms with Crippen LogP contribution in [-0.2, 0) is 6.42 Å². The number of aromatic nitrogens is 2. The van der Waals surface area contributed by atoms with Crippen LogP contribution in [0, 0.1) is 20.8 Å². The zero-order chi connectivity index (χ0) is 13.1. The molecule has 0 fully saturated rings. The summed E-state index contributed by atoms with van der Waals surface area (Å²) in [6.07, 6.45) is 0.808. The molecular formula is C15H18N2S. The predicted molar refractivity (Wildman–Crippen MR) is 79.2 cm³/mol. The third-order valence-electron chi connectivity index (χ3n) is 2.90. The van der Waals surface area contributed by atoms with Gasteiger partial charge in [-0.15, -0.1) is 0 Å². The number of nitrogens with zero attached hydrogens (tertiary/aromatic N) is 2. The fraction of sp³-hybridized carbons (Fsp3) is 0.333. The molecule has 1 aromatic carbocycles. The molecule has 1 aromatic heterocycles. The average molecular weight is 258 g/mol. The molecule has 0 unspecified atom stereocenters. The first-order valence-corrected chi connectivity index (χ1v) is 6.76. The summed E-state index contributed by atoms with van der Waals surface area (Å²) in [5.74, 6) is 1.65. The number of hydrogen-bond donors (Lipinski definition) is 1. The van der Waals surface area contributed by atoms with Crippen LogP contribution in [0.5, 0.6) is 0 Å². The normalized spacial score (nSPS) is 10.7. The Hall–Kier alpha value is -1.35. The van der Waals surface area contributed by atoms with E-state index in [1.54, 1.807) is 0 Å². The molecule has 2 nitrogen and oxygen atoms in total. The van der Waals surface area contributed by atoms with E-state index in [1.807, 2.05) is 13.0 Å². The number of benzene rings is 1. The van der Waals surface area contributed by atoms with Crippen molar-refractivity contribution in [3.8, 4) is 11.3 Å². The van der Waals surface area contributed by atoms with E-state index >= 15 is 0 Å². The largest absolute Gasteiger partial charge is 0.238 e. The van der Waals surface area contributed by atoms with Gasteiger partial charge in [0.2, 0.25) is 0 Å². The van der Waals surface area contributed by atoms with Crippen LogP contribution in [0.4, 0.5) is 0 Å². The number of hydrogen-bond acceptors (Lipinski definition) is 3. The summed E-state index contributed by atoms with van der Waals surface area (Å²) in [4.78, 5) is 9.08. The van der Waals surface area contributed by atoms with Crippen LogP contribution in [-0.4, -0.2) is 15.7 Å². The summed E-state index contributed by atoms with van der Waals surface area (Å²) >= 11 is 4.24. The van der Waals surface area contributed by atoms with Gasteiger partial charge in [-0.2, -0.15) is 12.6 Å². The quantitative estimate of drug-likeness (QED) is 0.852. The van der Waals surface area contributed by atoms with Gasteiger partial charge in [-0.1, -0.05) is 17.7 Å². The third kappa shape index (κ3) is 2.91. The Labute approximate surface area is 114 Å². The molecule has 2 aromatic rings. The minimum atomic E-state index is 0.774. The lowest BCUT2D eigenvalue weighted by molar-refractivity contribution is 0.929. The summed E-state index contributed by atoms with van der Waals surface area (Å²) in [6.45, 7) is 6.23. The van der Waals surface area contributed by atoms with E-state index in [0.717, 1.165) is 29.4 Å². The van der Waals surface area contributed by atoms with Crippen LogP contribution >= 0.6 is 12.6 Å². The van der Waals surface area contributed by atoms with Crippen LogP contribution in [0.15, 0.2) is 24.3 Å². The van der Waals surface area contributed by atoms with Crippen LogP contribution in [0.2, 0.25) is 0 Å². The molecule has 0 aliphatic heterocycles. The van der Waals surface area contributed by atoms with Crippen molar-refractivity contribution >= 4 is 12.6 Å². The van der Waals surface area contributed by atoms with Crippen LogP contribution in [0.1, 0.15) is 22.6 Å². The minimum Gasteiger partial charge on any atom is -0.238 e. The van der Waals surface area contributed by atoms with E-state index < -0.39 is 0 Å². The van der Waals surface area contributed by atoms with Crippen molar-refractivity contribution in [1.82, 2.24) is 9.97 Å². The van der Waals surface area contributed by atoms with Crippen molar-refractivity contribution in [3.63, 3.8) is 0 Å². The van der Waals surface area contributed by atoms with Crippen molar-refractivity contribution in [2.75, 3.05) is 5.75 Å². The van der Waals surface area contributed by atoms with Gasteiger partial charge in [0.1, 0.15) is 5.82 Å². The number of rotatable bonds is 3. The minimum absolute atomic E-state index is 0.774. The summed E-state index contributed by atoms with van der Waals surface area (Å²) in [5.41, 5.74) is 5.72. The first kappa shape index (κ1) is 13.1. The third-order valence-corrected chi connectivity index (χ3v) is 3.13. The first-order chi connectivity index (χ1) is 8.60. The van der Waals surface area contributed by atoms with Crippen molar-refractivity contribution in [2.24, 2.45) is 0 Å². The molecular weight excluding hydrogens is 240 g/mol. The molecule has 1 heterocycles. The van der Waals surface area contributed by atoms with Gasteiger partial charge >= 0.3 is 0 Å². The highest BCUT2D eigenvalue weighted by Gasteiger charge is 2.07. The summed E-state index contributed by atoms with van der Waals surface area (Å²) in [6, 6.07) is 8.49. The van der Waals surface area contributed by atoms with E-state index in [0.29, 0.717) is 0 Å². The van der Waals surface area contributed by atoms with E-state index in [1.165, 1.54) is 16.7 Å². The zero-order valence-corrected chi connectivity index (χ0v) is 12.0. The van der Waals surface area contributed by atoms with E-state index in [4.69, 9.17) is 0 Å². The molecule has 94 valence electrons. The van der Waals surface area contributed by atoms with E-state index in [9.17, 15) is 0 Å². The van der Waals surface area contributed by atoms with Crippen LogP contribution in [0.3, 0.4) is 0 Å². The maximum absolute atomic E-state index is 4.64. The molecule has 0 N–H and O–H groups in total. The van der Waals surface area contributed by atoms with Gasteiger partial charge in [0.15, 0.2) is 0 Å². The SMILES string of the molecule is Cc1ccc(C)c(-c2cc(C)nc(CCS)n2)c1. The van der Waals surface area contributed by atoms with Crippen molar-refractivity contribution < 1.29 is 0 Å². The highest BCUT2D eigenvalue weighted by Crippen LogP contribution is 2.23.